The lowest BCUT2D eigenvalue weighted by atomic mass is 10.1. The van der Waals surface area contributed by atoms with Gasteiger partial charge in [0.2, 0.25) is 5.88 Å². The minimum absolute atomic E-state index is 0.322. The number of carbonyl (C=O) groups is 1. The summed E-state index contributed by atoms with van der Waals surface area (Å²) in [5.74, 6) is 1.32. The molecule has 0 amide bonds. The molecule has 0 fully saturated rings. The lowest BCUT2D eigenvalue weighted by molar-refractivity contribution is 0.0526. The number of pyridine rings is 1. The van der Waals surface area contributed by atoms with Crippen molar-refractivity contribution in [2.45, 2.75) is 13.3 Å². The maximum absolute atomic E-state index is 11.7. The Morgan fingerprint density at radius 3 is 2.58 bits per heavy atom. The lowest BCUT2D eigenvalue weighted by Crippen LogP contribution is -2.08. The van der Waals surface area contributed by atoms with Crippen LogP contribution >= 0.6 is 0 Å². The summed E-state index contributed by atoms with van der Waals surface area (Å²) >= 11 is 0. The minimum Gasteiger partial charge on any atom is -0.462 e. The Hall–Kier alpha value is -4.14. The van der Waals surface area contributed by atoms with Gasteiger partial charge in [0.05, 0.1) is 12.2 Å². The first-order chi connectivity index (χ1) is 15.2. The molecule has 3 heterocycles. The van der Waals surface area contributed by atoms with Crippen molar-refractivity contribution in [3.8, 4) is 11.6 Å². The number of fused-ring (bicyclic) bond motifs is 1. The number of aromatic nitrogens is 5. The van der Waals surface area contributed by atoms with E-state index < -0.39 is 5.97 Å². The number of carbonyl (C=O) groups excluding carboxylic acids is 1. The minimum atomic E-state index is -0.401. The van der Waals surface area contributed by atoms with Crippen LogP contribution in [0.4, 0.5) is 5.82 Å². The number of rotatable bonds is 8. The van der Waals surface area contributed by atoms with Crippen molar-refractivity contribution in [1.82, 2.24) is 24.9 Å². The number of nitrogens with zero attached hydrogens (tertiary/aromatic N) is 5. The Balaban J connectivity index is 1.31. The van der Waals surface area contributed by atoms with Gasteiger partial charge in [-0.25, -0.2) is 29.7 Å². The molecular formula is C22H20N6O3. The second kappa shape index (κ2) is 9.57. The van der Waals surface area contributed by atoms with Gasteiger partial charge in [0.15, 0.2) is 11.5 Å². The highest BCUT2D eigenvalue weighted by Crippen LogP contribution is 2.20. The number of anilines is 1. The molecule has 1 aromatic carbocycles. The van der Waals surface area contributed by atoms with Gasteiger partial charge >= 0.3 is 5.97 Å². The van der Waals surface area contributed by atoms with Crippen LogP contribution in [-0.2, 0) is 11.2 Å². The van der Waals surface area contributed by atoms with Gasteiger partial charge in [-0.2, -0.15) is 0 Å². The summed E-state index contributed by atoms with van der Waals surface area (Å²) in [6.45, 7) is 2.76. The van der Waals surface area contributed by atoms with E-state index in [1.807, 2.05) is 24.3 Å². The largest absolute Gasteiger partial charge is 0.462 e. The average molecular weight is 416 g/mol. The first-order valence-corrected chi connectivity index (χ1v) is 9.78. The molecule has 0 atom stereocenters. The zero-order valence-corrected chi connectivity index (χ0v) is 16.9. The topological polar surface area (TPSA) is 112 Å². The molecule has 156 valence electrons. The SMILES string of the molecule is CCOC(=O)c1ccc(Oc2ccc(CCNc3ncnc4nccnc34)cc2)nc1. The second-order valence-corrected chi connectivity index (χ2v) is 6.48. The number of esters is 1. The number of benzene rings is 1. The van der Waals surface area contributed by atoms with Crippen molar-refractivity contribution < 1.29 is 14.3 Å². The molecule has 9 nitrogen and oxygen atoms in total. The molecular weight excluding hydrogens is 396 g/mol. The molecule has 1 N–H and O–H groups in total. The smallest absolute Gasteiger partial charge is 0.339 e. The highest BCUT2D eigenvalue weighted by molar-refractivity contribution is 5.89. The third kappa shape index (κ3) is 5.08. The van der Waals surface area contributed by atoms with Crippen LogP contribution in [0.25, 0.3) is 11.2 Å². The Bertz CT molecular complexity index is 1160. The third-order valence-corrected chi connectivity index (χ3v) is 4.37. The molecule has 0 aliphatic rings. The van der Waals surface area contributed by atoms with Crippen molar-refractivity contribution in [2.75, 3.05) is 18.5 Å². The Morgan fingerprint density at radius 2 is 1.81 bits per heavy atom. The van der Waals surface area contributed by atoms with Crippen molar-refractivity contribution in [1.29, 1.82) is 0 Å². The van der Waals surface area contributed by atoms with Gasteiger partial charge in [0.1, 0.15) is 17.6 Å². The maximum atomic E-state index is 11.7. The van der Waals surface area contributed by atoms with E-state index in [4.69, 9.17) is 9.47 Å². The molecule has 0 saturated heterocycles. The predicted octanol–water partition coefficient (Wildman–Crippen LogP) is 3.44. The molecule has 0 aliphatic carbocycles. The highest BCUT2D eigenvalue weighted by atomic mass is 16.5. The summed E-state index contributed by atoms with van der Waals surface area (Å²) in [4.78, 5) is 32.6. The molecule has 0 aliphatic heterocycles. The van der Waals surface area contributed by atoms with Gasteiger partial charge < -0.3 is 14.8 Å². The zero-order chi connectivity index (χ0) is 21.5. The summed E-state index contributed by atoms with van der Waals surface area (Å²) in [6.07, 6.45) is 6.92. The molecule has 0 unspecified atom stereocenters. The van der Waals surface area contributed by atoms with Crippen LogP contribution in [0.1, 0.15) is 22.8 Å². The first-order valence-electron chi connectivity index (χ1n) is 9.78. The summed E-state index contributed by atoms with van der Waals surface area (Å²) in [5.41, 5.74) is 2.73. The molecule has 3 aromatic heterocycles. The van der Waals surface area contributed by atoms with Gasteiger partial charge in [-0.1, -0.05) is 12.1 Å². The Morgan fingerprint density at radius 1 is 0.968 bits per heavy atom. The van der Waals surface area contributed by atoms with Crippen LogP contribution in [-0.4, -0.2) is 44.0 Å². The van der Waals surface area contributed by atoms with Crippen LogP contribution in [0.2, 0.25) is 0 Å². The van der Waals surface area contributed by atoms with Crippen LogP contribution < -0.4 is 10.1 Å². The van der Waals surface area contributed by atoms with E-state index in [0.717, 1.165) is 12.0 Å². The first kappa shape index (κ1) is 20.1. The summed E-state index contributed by atoms with van der Waals surface area (Å²) in [7, 11) is 0. The van der Waals surface area contributed by atoms with E-state index in [0.29, 0.717) is 47.3 Å². The molecule has 31 heavy (non-hydrogen) atoms. The molecule has 0 bridgehead atoms. The Kier molecular flexibility index (Phi) is 6.22. The highest BCUT2D eigenvalue weighted by Gasteiger charge is 2.08. The molecule has 9 heteroatoms. The predicted molar refractivity (Wildman–Crippen MR) is 114 cm³/mol. The van der Waals surface area contributed by atoms with Gasteiger partial charge in [0.25, 0.3) is 0 Å². The van der Waals surface area contributed by atoms with Gasteiger partial charge in [0, 0.05) is 31.2 Å². The van der Waals surface area contributed by atoms with Crippen molar-refractivity contribution in [2.24, 2.45) is 0 Å². The standard InChI is InChI=1S/C22H20N6O3/c1-2-30-22(29)16-5-8-18(26-13-16)31-17-6-3-15(4-7-17)9-10-24-20-19-21(28-14-27-20)25-12-11-23-19/h3-8,11-14H,2,9-10H2,1H3,(H,24,25,27,28). The number of hydrogen-bond donors (Lipinski definition) is 1. The van der Waals surface area contributed by atoms with Crippen LogP contribution in [0.3, 0.4) is 0 Å². The van der Waals surface area contributed by atoms with E-state index in [-0.39, 0.29) is 0 Å². The van der Waals surface area contributed by atoms with E-state index in [2.05, 4.69) is 30.2 Å². The van der Waals surface area contributed by atoms with Crippen molar-refractivity contribution >= 4 is 23.0 Å². The van der Waals surface area contributed by atoms with E-state index in [1.54, 1.807) is 31.5 Å². The fourth-order valence-electron chi connectivity index (χ4n) is 2.87. The van der Waals surface area contributed by atoms with Crippen LogP contribution in [0, 0.1) is 0 Å². The van der Waals surface area contributed by atoms with E-state index in [9.17, 15) is 4.79 Å². The average Bonchev–Trinajstić information content (AvgIpc) is 2.81. The van der Waals surface area contributed by atoms with Crippen molar-refractivity contribution in [3.05, 3.63) is 72.4 Å². The summed E-state index contributed by atoms with van der Waals surface area (Å²) in [6, 6.07) is 11.0. The normalized spacial score (nSPS) is 10.6. The van der Waals surface area contributed by atoms with Gasteiger partial charge in [-0.15, -0.1) is 0 Å². The zero-order valence-electron chi connectivity index (χ0n) is 16.9. The maximum Gasteiger partial charge on any atom is 0.339 e. The number of ether oxygens (including phenoxy) is 2. The second-order valence-electron chi connectivity index (χ2n) is 6.48. The van der Waals surface area contributed by atoms with Gasteiger partial charge in [-0.05, 0) is 37.1 Å². The monoisotopic (exact) mass is 416 g/mol. The van der Waals surface area contributed by atoms with E-state index in [1.165, 1.54) is 12.5 Å². The van der Waals surface area contributed by atoms with Crippen LogP contribution in [0.5, 0.6) is 11.6 Å². The number of nitrogens with one attached hydrogen (secondary N) is 1. The van der Waals surface area contributed by atoms with Crippen LogP contribution in [0.15, 0.2) is 61.3 Å². The molecule has 0 radical (unpaired) electrons. The molecule has 4 aromatic rings. The lowest BCUT2D eigenvalue weighted by Gasteiger charge is -2.08. The molecule has 4 rings (SSSR count). The van der Waals surface area contributed by atoms with Crippen molar-refractivity contribution in [3.63, 3.8) is 0 Å². The summed E-state index contributed by atoms with van der Waals surface area (Å²) in [5, 5.41) is 3.28. The third-order valence-electron chi connectivity index (χ3n) is 4.37. The Labute approximate surface area is 178 Å². The quantitative estimate of drug-likeness (QED) is 0.432. The summed E-state index contributed by atoms with van der Waals surface area (Å²) < 4.78 is 10.7. The van der Waals surface area contributed by atoms with Gasteiger partial charge in [-0.3, -0.25) is 0 Å². The fraction of sp³-hybridized carbons (Fsp3) is 0.182. The molecule has 0 spiro atoms. The van der Waals surface area contributed by atoms with E-state index >= 15 is 0 Å². The molecule has 0 saturated carbocycles. The number of hydrogen-bond acceptors (Lipinski definition) is 9. The fourth-order valence-corrected chi connectivity index (χ4v) is 2.87.